The molecule has 2 N–H and O–H groups in total. The summed E-state index contributed by atoms with van der Waals surface area (Å²) in [6.07, 6.45) is 1.65. The van der Waals surface area contributed by atoms with Crippen LogP contribution in [0, 0.1) is 0 Å². The summed E-state index contributed by atoms with van der Waals surface area (Å²) in [6.45, 7) is 1.82. The van der Waals surface area contributed by atoms with Gasteiger partial charge >= 0.3 is 6.03 Å². The largest absolute Gasteiger partial charge is 0.338 e. The van der Waals surface area contributed by atoms with E-state index in [1.54, 1.807) is 9.80 Å². The number of nitrogens with two attached hydrogens (primary N) is 1. The molecule has 0 atom stereocenters. The fourth-order valence-electron chi connectivity index (χ4n) is 4.59. The number of amides is 4. The zero-order valence-corrected chi connectivity index (χ0v) is 19.0. The number of urea groups is 1. The highest BCUT2D eigenvalue weighted by Crippen LogP contribution is 2.38. The van der Waals surface area contributed by atoms with E-state index >= 15 is 0 Å². The summed E-state index contributed by atoms with van der Waals surface area (Å²) in [5, 5.41) is 0. The van der Waals surface area contributed by atoms with Crippen LogP contribution in [0.1, 0.15) is 34.3 Å². The average Bonchev–Trinajstić information content (AvgIpc) is 2.97. The zero-order valence-electron chi connectivity index (χ0n) is 18.2. The van der Waals surface area contributed by atoms with E-state index in [4.69, 9.17) is 5.73 Å². The number of carbonyl (C=O) groups excluding carboxylic acids is 3. The Hall–Kier alpha value is -2.90. The second-order valence-corrected chi connectivity index (χ2v) is 8.28. The van der Waals surface area contributed by atoms with Crippen molar-refractivity contribution in [2.24, 2.45) is 5.73 Å². The van der Waals surface area contributed by atoms with Crippen molar-refractivity contribution in [3.63, 3.8) is 0 Å². The minimum absolute atomic E-state index is 0. The highest BCUT2D eigenvalue weighted by atomic mass is 35.5. The third-order valence-electron chi connectivity index (χ3n) is 6.43. The normalized spacial score (nSPS) is 17.6. The first kappa shape index (κ1) is 23.8. The Bertz CT molecular complexity index is 972. The molecule has 2 fully saturated rings. The van der Waals surface area contributed by atoms with Gasteiger partial charge in [-0.3, -0.25) is 14.5 Å². The van der Waals surface area contributed by atoms with Crippen LogP contribution < -0.4 is 5.73 Å². The SMILES string of the molecule is CN1C(=O)N(Cc2ccccc2)C2(CCN(C(=O)c3ccc(CCN)cc3)CC2)C1=O.Cl. The number of benzene rings is 2. The molecule has 32 heavy (non-hydrogen) atoms. The van der Waals surface area contributed by atoms with E-state index in [1.807, 2.05) is 54.6 Å². The van der Waals surface area contributed by atoms with Crippen molar-refractivity contribution < 1.29 is 14.4 Å². The summed E-state index contributed by atoms with van der Waals surface area (Å²) >= 11 is 0. The standard InChI is InChI=1S/C24H28N4O3.ClH/c1-26-22(30)24(28(23(26)31)17-19-5-3-2-4-6-19)12-15-27(16-13-24)21(29)20-9-7-18(8-10-20)11-14-25;/h2-10H,11-17,25H2,1H3;1H. The summed E-state index contributed by atoms with van der Waals surface area (Å²) in [7, 11) is 1.54. The van der Waals surface area contributed by atoms with E-state index in [-0.39, 0.29) is 30.3 Å². The van der Waals surface area contributed by atoms with E-state index in [0.29, 0.717) is 44.6 Å². The fraction of sp³-hybridized carbons (Fsp3) is 0.375. The average molecular weight is 457 g/mol. The van der Waals surface area contributed by atoms with Gasteiger partial charge in [-0.15, -0.1) is 12.4 Å². The van der Waals surface area contributed by atoms with Crippen LogP contribution >= 0.6 is 12.4 Å². The number of rotatable bonds is 5. The number of nitrogens with zero attached hydrogens (tertiary/aromatic N) is 3. The van der Waals surface area contributed by atoms with Crippen LogP contribution in [0.3, 0.4) is 0 Å². The van der Waals surface area contributed by atoms with E-state index < -0.39 is 5.54 Å². The number of carbonyl (C=O) groups is 3. The second-order valence-electron chi connectivity index (χ2n) is 8.28. The van der Waals surface area contributed by atoms with Crippen molar-refractivity contribution in [1.82, 2.24) is 14.7 Å². The lowest BCUT2D eigenvalue weighted by molar-refractivity contribution is -0.134. The molecule has 0 aliphatic carbocycles. The predicted octanol–water partition coefficient (Wildman–Crippen LogP) is 2.68. The molecule has 1 spiro atoms. The molecule has 4 amide bonds. The van der Waals surface area contributed by atoms with Crippen LogP contribution in [0.2, 0.25) is 0 Å². The Morgan fingerprint density at radius 2 is 1.59 bits per heavy atom. The molecule has 2 heterocycles. The van der Waals surface area contributed by atoms with Crippen LogP contribution in [0.25, 0.3) is 0 Å². The van der Waals surface area contributed by atoms with Crippen molar-refractivity contribution in [1.29, 1.82) is 0 Å². The molecular weight excluding hydrogens is 428 g/mol. The molecule has 0 aromatic heterocycles. The summed E-state index contributed by atoms with van der Waals surface area (Å²) in [4.78, 5) is 43.6. The highest BCUT2D eigenvalue weighted by molar-refractivity contribution is 6.07. The van der Waals surface area contributed by atoms with Gasteiger partial charge in [0, 0.05) is 32.2 Å². The molecule has 0 saturated carbocycles. The molecule has 4 rings (SSSR count). The summed E-state index contributed by atoms with van der Waals surface area (Å²) in [5.74, 6) is -0.222. The number of halogens is 1. The predicted molar refractivity (Wildman–Crippen MR) is 124 cm³/mol. The maximum atomic E-state index is 13.1. The molecule has 7 nitrogen and oxygen atoms in total. The summed E-state index contributed by atoms with van der Waals surface area (Å²) in [6, 6.07) is 16.9. The van der Waals surface area contributed by atoms with Gasteiger partial charge < -0.3 is 15.5 Å². The van der Waals surface area contributed by atoms with Crippen LogP contribution in [0.5, 0.6) is 0 Å². The summed E-state index contributed by atoms with van der Waals surface area (Å²) < 4.78 is 0. The molecule has 2 aromatic carbocycles. The molecule has 0 bridgehead atoms. The van der Waals surface area contributed by atoms with Gasteiger partial charge in [0.2, 0.25) is 0 Å². The Balaban J connectivity index is 0.00000289. The number of likely N-dealkylation sites (tertiary alicyclic amines) is 1. The Morgan fingerprint density at radius 1 is 0.969 bits per heavy atom. The molecular formula is C24H29ClN4O3. The number of hydrogen-bond acceptors (Lipinski definition) is 4. The van der Waals surface area contributed by atoms with E-state index in [9.17, 15) is 14.4 Å². The second kappa shape index (κ2) is 9.71. The maximum Gasteiger partial charge on any atom is 0.327 e. The first-order chi connectivity index (χ1) is 15.0. The van der Waals surface area contributed by atoms with Gasteiger partial charge in [-0.05, 0) is 49.1 Å². The van der Waals surface area contributed by atoms with Gasteiger partial charge in [-0.2, -0.15) is 0 Å². The third-order valence-corrected chi connectivity index (χ3v) is 6.43. The van der Waals surface area contributed by atoms with Gasteiger partial charge in [0.15, 0.2) is 0 Å². The van der Waals surface area contributed by atoms with E-state index in [2.05, 4.69) is 0 Å². The highest BCUT2D eigenvalue weighted by Gasteiger charge is 2.57. The summed E-state index contributed by atoms with van der Waals surface area (Å²) in [5.41, 5.74) is 7.42. The smallest absolute Gasteiger partial charge is 0.327 e. The van der Waals surface area contributed by atoms with E-state index in [1.165, 1.54) is 11.9 Å². The number of hydrogen-bond donors (Lipinski definition) is 1. The molecule has 2 saturated heterocycles. The topological polar surface area (TPSA) is 87.0 Å². The van der Waals surface area contributed by atoms with Crippen LogP contribution in [0.4, 0.5) is 4.79 Å². The Kier molecular flexibility index (Phi) is 7.21. The molecule has 0 radical (unpaired) electrons. The number of piperidine rings is 1. The van der Waals surface area contributed by atoms with Crippen molar-refractivity contribution in [3.05, 3.63) is 71.3 Å². The van der Waals surface area contributed by atoms with Gasteiger partial charge in [-0.1, -0.05) is 42.5 Å². The first-order valence-electron chi connectivity index (χ1n) is 10.7. The van der Waals surface area contributed by atoms with Crippen molar-refractivity contribution in [2.75, 3.05) is 26.7 Å². The third kappa shape index (κ3) is 4.23. The van der Waals surface area contributed by atoms with Gasteiger partial charge in [0.1, 0.15) is 5.54 Å². The molecule has 8 heteroatoms. The number of imide groups is 1. The quantitative estimate of drug-likeness (QED) is 0.701. The van der Waals surface area contributed by atoms with Gasteiger partial charge in [-0.25, -0.2) is 4.79 Å². The van der Waals surface area contributed by atoms with Gasteiger partial charge in [0.05, 0.1) is 0 Å². The molecule has 170 valence electrons. The zero-order chi connectivity index (χ0) is 22.0. The number of likely N-dealkylation sites (N-methyl/N-ethyl adjacent to an activating group) is 1. The van der Waals surface area contributed by atoms with Crippen LogP contribution in [-0.4, -0.2) is 64.8 Å². The molecule has 2 aliphatic rings. The van der Waals surface area contributed by atoms with Crippen LogP contribution in [0.15, 0.2) is 54.6 Å². The lowest BCUT2D eigenvalue weighted by atomic mass is 9.85. The minimum atomic E-state index is -0.885. The molecule has 2 aromatic rings. The van der Waals surface area contributed by atoms with Crippen LogP contribution in [-0.2, 0) is 17.8 Å². The van der Waals surface area contributed by atoms with E-state index in [0.717, 1.165) is 17.5 Å². The Morgan fingerprint density at radius 3 is 2.19 bits per heavy atom. The first-order valence-corrected chi connectivity index (χ1v) is 10.7. The Labute approximate surface area is 194 Å². The van der Waals surface area contributed by atoms with Crippen molar-refractivity contribution in [2.45, 2.75) is 31.3 Å². The fourth-order valence-corrected chi connectivity index (χ4v) is 4.59. The van der Waals surface area contributed by atoms with Crippen molar-refractivity contribution in [3.8, 4) is 0 Å². The van der Waals surface area contributed by atoms with Gasteiger partial charge in [0.25, 0.3) is 11.8 Å². The molecule has 2 aliphatic heterocycles. The molecule has 0 unspecified atom stereocenters. The maximum absolute atomic E-state index is 13.1. The monoisotopic (exact) mass is 456 g/mol. The minimum Gasteiger partial charge on any atom is -0.338 e. The van der Waals surface area contributed by atoms with Crippen molar-refractivity contribution >= 4 is 30.3 Å². The lowest BCUT2D eigenvalue weighted by Gasteiger charge is -2.42. The lowest BCUT2D eigenvalue weighted by Crippen LogP contribution is -2.57.